The summed E-state index contributed by atoms with van der Waals surface area (Å²) in [6.07, 6.45) is 8.20. The Hall–Kier alpha value is -2.67. The van der Waals surface area contributed by atoms with Gasteiger partial charge in [0.15, 0.2) is 0 Å². The van der Waals surface area contributed by atoms with Crippen LogP contribution in [0.1, 0.15) is 42.5 Å². The minimum atomic E-state index is -0.707. The van der Waals surface area contributed by atoms with E-state index in [-0.39, 0.29) is 11.8 Å². The molecule has 2 N–H and O–H groups in total. The van der Waals surface area contributed by atoms with E-state index >= 15 is 0 Å². The van der Waals surface area contributed by atoms with Gasteiger partial charge in [0, 0.05) is 36.7 Å². The number of hydrogen-bond donors (Lipinski definition) is 2. The van der Waals surface area contributed by atoms with Crippen LogP contribution in [0.5, 0.6) is 0 Å². The van der Waals surface area contributed by atoms with Gasteiger partial charge in [-0.05, 0) is 69.5 Å². The van der Waals surface area contributed by atoms with Crippen molar-refractivity contribution in [3.05, 3.63) is 48.3 Å². The van der Waals surface area contributed by atoms with Crippen LogP contribution in [0, 0.1) is 0 Å². The molecule has 3 heterocycles. The molecule has 2 aliphatic heterocycles. The second kappa shape index (κ2) is 8.14. The summed E-state index contributed by atoms with van der Waals surface area (Å²) in [5.74, 6) is -0.0419. The maximum absolute atomic E-state index is 13.3. The number of nitrogens with one attached hydrogen (secondary N) is 2. The van der Waals surface area contributed by atoms with Gasteiger partial charge in [0.05, 0.1) is 0 Å². The SMILES string of the molecule is O=C(c1cccc(NC(=O)C2(n3cccn3)CCNCC2)c1)N1CCCCC1. The quantitative estimate of drug-likeness (QED) is 0.851. The van der Waals surface area contributed by atoms with Gasteiger partial charge in [0.1, 0.15) is 5.54 Å². The molecule has 2 aromatic rings. The number of aromatic nitrogens is 2. The number of piperidine rings is 2. The smallest absolute Gasteiger partial charge is 0.253 e. The van der Waals surface area contributed by atoms with Gasteiger partial charge in [0.2, 0.25) is 0 Å². The molecule has 0 spiro atoms. The van der Waals surface area contributed by atoms with Crippen LogP contribution in [0.4, 0.5) is 5.69 Å². The van der Waals surface area contributed by atoms with Crippen molar-refractivity contribution >= 4 is 17.5 Å². The molecule has 2 amide bonds. The molecule has 2 aliphatic rings. The van der Waals surface area contributed by atoms with Gasteiger partial charge < -0.3 is 15.5 Å². The Kier molecular flexibility index (Phi) is 5.43. The monoisotopic (exact) mass is 381 g/mol. The van der Waals surface area contributed by atoms with Gasteiger partial charge >= 0.3 is 0 Å². The van der Waals surface area contributed by atoms with E-state index in [1.165, 1.54) is 6.42 Å². The van der Waals surface area contributed by atoms with Crippen molar-refractivity contribution in [1.29, 1.82) is 0 Å². The molecule has 2 saturated heterocycles. The van der Waals surface area contributed by atoms with E-state index in [1.807, 2.05) is 35.4 Å². The van der Waals surface area contributed by atoms with Crippen molar-refractivity contribution in [2.45, 2.75) is 37.6 Å². The highest BCUT2D eigenvalue weighted by molar-refractivity contribution is 5.99. The normalized spacial score (nSPS) is 19.2. The number of carbonyl (C=O) groups excluding carboxylic acids is 2. The van der Waals surface area contributed by atoms with Gasteiger partial charge in [-0.15, -0.1) is 0 Å². The molecular weight excluding hydrogens is 354 g/mol. The summed E-state index contributed by atoms with van der Waals surface area (Å²) >= 11 is 0. The molecule has 7 heteroatoms. The Morgan fingerprint density at radius 1 is 1.07 bits per heavy atom. The zero-order valence-electron chi connectivity index (χ0n) is 16.1. The molecule has 7 nitrogen and oxygen atoms in total. The van der Waals surface area contributed by atoms with Crippen LogP contribution >= 0.6 is 0 Å². The van der Waals surface area contributed by atoms with Crippen molar-refractivity contribution in [3.63, 3.8) is 0 Å². The molecule has 148 valence electrons. The highest BCUT2D eigenvalue weighted by atomic mass is 16.2. The largest absolute Gasteiger partial charge is 0.339 e. The van der Waals surface area contributed by atoms with Gasteiger partial charge in [-0.25, -0.2) is 0 Å². The number of likely N-dealkylation sites (tertiary alicyclic amines) is 1. The number of hydrogen-bond acceptors (Lipinski definition) is 4. The van der Waals surface area contributed by atoms with Crippen LogP contribution < -0.4 is 10.6 Å². The lowest BCUT2D eigenvalue weighted by atomic mass is 9.87. The first-order chi connectivity index (χ1) is 13.7. The first kappa shape index (κ1) is 18.7. The molecule has 1 aromatic carbocycles. The predicted octanol–water partition coefficient (Wildman–Crippen LogP) is 2.23. The molecule has 0 radical (unpaired) electrons. The molecule has 0 unspecified atom stereocenters. The van der Waals surface area contributed by atoms with Crippen molar-refractivity contribution in [3.8, 4) is 0 Å². The van der Waals surface area contributed by atoms with Crippen molar-refractivity contribution < 1.29 is 9.59 Å². The average molecular weight is 381 g/mol. The van der Waals surface area contributed by atoms with E-state index in [2.05, 4.69) is 15.7 Å². The lowest BCUT2D eigenvalue weighted by Crippen LogP contribution is -2.52. The topological polar surface area (TPSA) is 79.3 Å². The van der Waals surface area contributed by atoms with E-state index in [9.17, 15) is 9.59 Å². The highest BCUT2D eigenvalue weighted by Crippen LogP contribution is 2.29. The molecule has 1 aromatic heterocycles. The number of anilines is 1. The van der Waals surface area contributed by atoms with Crippen molar-refractivity contribution in [1.82, 2.24) is 20.0 Å². The minimum absolute atomic E-state index is 0.0412. The fraction of sp³-hybridized carbons (Fsp3) is 0.476. The number of nitrogens with zero attached hydrogens (tertiary/aromatic N) is 3. The zero-order valence-corrected chi connectivity index (χ0v) is 16.1. The Morgan fingerprint density at radius 3 is 2.57 bits per heavy atom. The molecule has 0 saturated carbocycles. The lowest BCUT2D eigenvalue weighted by molar-refractivity contribution is -0.126. The predicted molar refractivity (Wildman–Crippen MR) is 107 cm³/mol. The molecule has 0 bridgehead atoms. The fourth-order valence-electron chi connectivity index (χ4n) is 4.18. The summed E-state index contributed by atoms with van der Waals surface area (Å²) < 4.78 is 1.77. The number of benzene rings is 1. The van der Waals surface area contributed by atoms with Gasteiger partial charge in [-0.3, -0.25) is 14.3 Å². The molecular formula is C21H27N5O2. The summed E-state index contributed by atoms with van der Waals surface area (Å²) in [4.78, 5) is 28.0. The van der Waals surface area contributed by atoms with Gasteiger partial charge in [0.25, 0.3) is 11.8 Å². The molecule has 0 aliphatic carbocycles. The summed E-state index contributed by atoms with van der Waals surface area (Å²) in [5.41, 5.74) is 0.567. The van der Waals surface area contributed by atoms with Crippen LogP contribution in [0.2, 0.25) is 0 Å². The summed E-state index contributed by atoms with van der Waals surface area (Å²) in [6.45, 7) is 3.15. The molecule has 4 rings (SSSR count). The van der Waals surface area contributed by atoms with Crippen LogP contribution in [0.3, 0.4) is 0 Å². The first-order valence-corrected chi connectivity index (χ1v) is 10.1. The number of carbonyl (C=O) groups is 2. The third kappa shape index (κ3) is 3.67. The Morgan fingerprint density at radius 2 is 1.86 bits per heavy atom. The summed E-state index contributed by atoms with van der Waals surface area (Å²) in [7, 11) is 0. The average Bonchev–Trinajstić information content (AvgIpc) is 3.30. The number of amides is 2. The van der Waals surface area contributed by atoms with Crippen molar-refractivity contribution in [2.24, 2.45) is 0 Å². The second-order valence-electron chi connectivity index (χ2n) is 7.62. The molecule has 2 fully saturated rings. The van der Waals surface area contributed by atoms with Crippen LogP contribution in [-0.2, 0) is 10.3 Å². The summed E-state index contributed by atoms with van der Waals surface area (Å²) in [5, 5.41) is 10.7. The lowest BCUT2D eigenvalue weighted by Gasteiger charge is -2.36. The highest BCUT2D eigenvalue weighted by Gasteiger charge is 2.42. The molecule has 28 heavy (non-hydrogen) atoms. The Labute approximate surface area is 165 Å². The van der Waals surface area contributed by atoms with Gasteiger partial charge in [-0.1, -0.05) is 6.07 Å². The zero-order chi connectivity index (χ0) is 19.4. The van der Waals surface area contributed by atoms with E-state index < -0.39 is 5.54 Å². The van der Waals surface area contributed by atoms with E-state index in [1.54, 1.807) is 16.9 Å². The first-order valence-electron chi connectivity index (χ1n) is 10.1. The van der Waals surface area contributed by atoms with Crippen molar-refractivity contribution in [2.75, 3.05) is 31.5 Å². The summed E-state index contributed by atoms with van der Waals surface area (Å²) in [6, 6.07) is 9.11. The fourth-order valence-corrected chi connectivity index (χ4v) is 4.18. The van der Waals surface area contributed by atoms with Gasteiger partial charge in [-0.2, -0.15) is 5.10 Å². The minimum Gasteiger partial charge on any atom is -0.339 e. The van der Waals surface area contributed by atoms with E-state index in [0.29, 0.717) is 24.1 Å². The maximum atomic E-state index is 13.3. The third-order valence-electron chi connectivity index (χ3n) is 5.81. The maximum Gasteiger partial charge on any atom is 0.253 e. The van der Waals surface area contributed by atoms with E-state index in [4.69, 9.17) is 0 Å². The second-order valence-corrected chi connectivity index (χ2v) is 7.62. The van der Waals surface area contributed by atoms with Crippen LogP contribution in [0.15, 0.2) is 42.7 Å². The number of rotatable bonds is 4. The van der Waals surface area contributed by atoms with Crippen LogP contribution in [0.25, 0.3) is 0 Å². The van der Waals surface area contributed by atoms with E-state index in [0.717, 1.165) is 39.0 Å². The standard InChI is InChI=1S/C21H27N5O2/c27-19(25-13-2-1-3-14-25)17-6-4-7-18(16-17)24-20(28)21(8-11-22-12-9-21)26-15-5-10-23-26/h4-7,10,15-16,22H,1-3,8-9,11-14H2,(H,24,28). The Bertz CT molecular complexity index is 821. The Balaban J connectivity index is 1.53. The molecule has 0 atom stereocenters. The third-order valence-corrected chi connectivity index (χ3v) is 5.81. The van der Waals surface area contributed by atoms with Crippen LogP contribution in [-0.4, -0.2) is 52.7 Å².